The van der Waals surface area contributed by atoms with Crippen molar-refractivity contribution in [1.29, 1.82) is 0 Å². The second-order valence-electron chi connectivity index (χ2n) is 3.30. The third-order valence-electron chi connectivity index (χ3n) is 2.14. The summed E-state index contributed by atoms with van der Waals surface area (Å²) in [6, 6.07) is 0. The number of hydrogen-bond acceptors (Lipinski definition) is 2. The molecule has 76 valence electrons. The van der Waals surface area contributed by atoms with Crippen LogP contribution in [0.15, 0.2) is 0 Å². The van der Waals surface area contributed by atoms with Crippen molar-refractivity contribution in [3.63, 3.8) is 0 Å². The van der Waals surface area contributed by atoms with Crippen molar-refractivity contribution in [2.24, 2.45) is 0 Å². The molecule has 0 radical (unpaired) electrons. The van der Waals surface area contributed by atoms with Crippen molar-refractivity contribution < 1.29 is 9.00 Å². The van der Waals surface area contributed by atoms with E-state index in [1.807, 2.05) is 6.92 Å². The molecule has 3 nitrogen and oxygen atoms in total. The molecule has 0 spiro atoms. The molecule has 13 heavy (non-hydrogen) atoms. The second-order valence-corrected chi connectivity index (χ2v) is 5.92. The van der Waals surface area contributed by atoms with Crippen LogP contribution < -0.4 is 0 Å². The van der Waals surface area contributed by atoms with Gasteiger partial charge in [0.15, 0.2) is 0 Å². The third-order valence-corrected chi connectivity index (χ3v) is 3.96. The number of amides is 1. The number of hydrogen-bond donors (Lipinski definition) is 0. The van der Waals surface area contributed by atoms with Gasteiger partial charge in [-0.2, -0.15) is 0 Å². The summed E-state index contributed by atoms with van der Waals surface area (Å²) in [6.07, 6.45) is 0. The Morgan fingerprint density at radius 3 is 2.77 bits per heavy atom. The second kappa shape index (κ2) is 4.42. The van der Waals surface area contributed by atoms with E-state index in [9.17, 15) is 9.00 Å². The number of carbonyl (C=O) groups is 1. The first kappa shape index (κ1) is 11.0. The molecule has 0 bridgehead atoms. The summed E-state index contributed by atoms with van der Waals surface area (Å²) in [6.45, 7) is 4.71. The lowest BCUT2D eigenvalue weighted by atomic mass is 10.3. The Morgan fingerprint density at radius 2 is 2.31 bits per heavy atom. The van der Waals surface area contributed by atoms with Crippen LogP contribution in [0.5, 0.6) is 0 Å². The molecule has 1 rings (SSSR count). The lowest BCUT2D eigenvalue weighted by molar-refractivity contribution is -0.130. The summed E-state index contributed by atoms with van der Waals surface area (Å²) in [5, 5.41) is -0.396. The van der Waals surface area contributed by atoms with Gasteiger partial charge in [0.25, 0.3) is 0 Å². The van der Waals surface area contributed by atoms with Crippen molar-refractivity contribution in [3.8, 4) is 0 Å². The maximum atomic E-state index is 11.4. The molecule has 1 amide bonds. The van der Waals surface area contributed by atoms with Crippen LogP contribution in [-0.4, -0.2) is 44.5 Å². The standard InChI is InChI=1S/C8H14ClNO2S/c1-6-5-10(3-4-13(6)12)8(11)7(2)9/h6-7H,3-5H2,1-2H3. The average molecular weight is 224 g/mol. The van der Waals surface area contributed by atoms with Gasteiger partial charge in [0.2, 0.25) is 5.91 Å². The molecule has 1 saturated heterocycles. The van der Waals surface area contributed by atoms with Gasteiger partial charge in [0.1, 0.15) is 5.38 Å². The van der Waals surface area contributed by atoms with Gasteiger partial charge >= 0.3 is 0 Å². The summed E-state index contributed by atoms with van der Waals surface area (Å²) >= 11 is 5.68. The smallest absolute Gasteiger partial charge is 0.240 e. The zero-order valence-corrected chi connectivity index (χ0v) is 9.40. The predicted octanol–water partition coefficient (Wildman–Crippen LogP) is 0.593. The number of rotatable bonds is 1. The van der Waals surface area contributed by atoms with E-state index in [4.69, 9.17) is 11.6 Å². The Labute approximate surface area is 85.9 Å². The molecule has 0 aliphatic carbocycles. The van der Waals surface area contributed by atoms with Crippen molar-refractivity contribution in [2.45, 2.75) is 24.5 Å². The highest BCUT2D eigenvalue weighted by Crippen LogP contribution is 2.11. The van der Waals surface area contributed by atoms with E-state index in [1.54, 1.807) is 11.8 Å². The highest BCUT2D eigenvalue weighted by atomic mass is 35.5. The molecule has 3 unspecified atom stereocenters. The van der Waals surface area contributed by atoms with Gasteiger partial charge in [-0.25, -0.2) is 0 Å². The summed E-state index contributed by atoms with van der Waals surface area (Å²) < 4.78 is 11.3. The van der Waals surface area contributed by atoms with Gasteiger partial charge in [-0.05, 0) is 13.8 Å². The van der Waals surface area contributed by atoms with Crippen LogP contribution in [0.4, 0.5) is 0 Å². The van der Waals surface area contributed by atoms with E-state index >= 15 is 0 Å². The van der Waals surface area contributed by atoms with Crippen LogP contribution >= 0.6 is 11.6 Å². The highest BCUT2D eigenvalue weighted by Gasteiger charge is 2.27. The van der Waals surface area contributed by atoms with E-state index in [0.717, 1.165) is 0 Å². The largest absolute Gasteiger partial charge is 0.339 e. The van der Waals surface area contributed by atoms with Gasteiger partial charge < -0.3 is 4.90 Å². The van der Waals surface area contributed by atoms with Crippen LogP contribution in [-0.2, 0) is 15.6 Å². The fourth-order valence-corrected chi connectivity index (χ4v) is 2.62. The van der Waals surface area contributed by atoms with Crippen LogP contribution in [0.1, 0.15) is 13.8 Å². The zero-order chi connectivity index (χ0) is 10.0. The normalized spacial score (nSPS) is 31.5. The van der Waals surface area contributed by atoms with Crippen molar-refractivity contribution >= 4 is 28.3 Å². The summed E-state index contributed by atoms with van der Waals surface area (Å²) in [5.41, 5.74) is 0. The van der Waals surface area contributed by atoms with Crippen molar-refractivity contribution in [3.05, 3.63) is 0 Å². The predicted molar refractivity (Wildman–Crippen MR) is 54.4 cm³/mol. The Hall–Kier alpha value is -0.0900. The summed E-state index contributed by atoms with van der Waals surface area (Å²) in [4.78, 5) is 13.1. The zero-order valence-electron chi connectivity index (χ0n) is 7.83. The first-order valence-corrected chi connectivity index (χ1v) is 6.14. The minimum absolute atomic E-state index is 0.0507. The maximum absolute atomic E-state index is 11.4. The number of nitrogens with zero attached hydrogens (tertiary/aromatic N) is 1. The SMILES string of the molecule is CC(Cl)C(=O)N1CCS(=O)C(C)C1. The quantitative estimate of drug-likeness (QED) is 0.611. The van der Waals surface area contributed by atoms with E-state index < -0.39 is 16.2 Å². The Balaban J connectivity index is 2.55. The first-order valence-electron chi connectivity index (χ1n) is 4.32. The lowest BCUT2D eigenvalue weighted by Crippen LogP contribution is -2.47. The van der Waals surface area contributed by atoms with Gasteiger partial charge in [-0.3, -0.25) is 9.00 Å². The Kier molecular flexibility index (Phi) is 3.74. The maximum Gasteiger partial charge on any atom is 0.240 e. The first-order chi connectivity index (χ1) is 6.02. The van der Waals surface area contributed by atoms with Gasteiger partial charge in [-0.1, -0.05) is 0 Å². The summed E-state index contributed by atoms with van der Waals surface area (Å²) in [7, 11) is -0.772. The molecule has 0 aromatic heterocycles. The van der Waals surface area contributed by atoms with Gasteiger partial charge in [0, 0.05) is 34.9 Å². The molecule has 5 heteroatoms. The summed E-state index contributed by atoms with van der Waals surface area (Å²) in [5.74, 6) is 0.529. The molecular weight excluding hydrogens is 210 g/mol. The van der Waals surface area contributed by atoms with E-state index in [0.29, 0.717) is 18.8 Å². The molecular formula is C8H14ClNO2S. The molecule has 0 saturated carbocycles. The topological polar surface area (TPSA) is 37.4 Å². The fraction of sp³-hybridized carbons (Fsp3) is 0.875. The number of alkyl halides is 1. The Bertz CT molecular complexity index is 232. The fourth-order valence-electron chi connectivity index (χ4n) is 1.34. The molecule has 0 aromatic rings. The lowest BCUT2D eigenvalue weighted by Gasteiger charge is -2.31. The average Bonchev–Trinajstić information content (AvgIpc) is 2.08. The van der Waals surface area contributed by atoms with Gasteiger partial charge in [0.05, 0.1) is 0 Å². The number of carbonyl (C=O) groups excluding carboxylic acids is 1. The monoisotopic (exact) mass is 223 g/mol. The van der Waals surface area contributed by atoms with Crippen LogP contribution in [0.25, 0.3) is 0 Å². The molecule has 0 N–H and O–H groups in total. The minimum atomic E-state index is -0.772. The van der Waals surface area contributed by atoms with Gasteiger partial charge in [-0.15, -0.1) is 11.6 Å². The van der Waals surface area contributed by atoms with E-state index in [2.05, 4.69) is 0 Å². The third kappa shape index (κ3) is 2.68. The Morgan fingerprint density at radius 1 is 1.69 bits per heavy atom. The molecule has 1 heterocycles. The van der Waals surface area contributed by atoms with Crippen LogP contribution in [0, 0.1) is 0 Å². The van der Waals surface area contributed by atoms with E-state index in [1.165, 1.54) is 0 Å². The minimum Gasteiger partial charge on any atom is -0.339 e. The number of halogens is 1. The van der Waals surface area contributed by atoms with Crippen molar-refractivity contribution in [2.75, 3.05) is 18.8 Å². The molecule has 1 fully saturated rings. The molecule has 1 aliphatic heterocycles. The van der Waals surface area contributed by atoms with Crippen LogP contribution in [0.3, 0.4) is 0 Å². The molecule has 1 aliphatic rings. The van der Waals surface area contributed by atoms with Crippen molar-refractivity contribution in [1.82, 2.24) is 4.90 Å². The van der Waals surface area contributed by atoms with E-state index in [-0.39, 0.29) is 11.2 Å². The van der Waals surface area contributed by atoms with Crippen LogP contribution in [0.2, 0.25) is 0 Å². The molecule has 0 aromatic carbocycles. The molecule has 3 atom stereocenters. The highest BCUT2D eigenvalue weighted by molar-refractivity contribution is 7.85.